The molecule has 166 valence electrons. The third-order valence-electron chi connectivity index (χ3n) is 5.82. The summed E-state index contributed by atoms with van der Waals surface area (Å²) < 4.78 is 12.9. The molecule has 30 heavy (non-hydrogen) atoms. The highest BCUT2D eigenvalue weighted by molar-refractivity contribution is 14.0. The van der Waals surface area contributed by atoms with E-state index in [1.807, 2.05) is 30.1 Å². The van der Waals surface area contributed by atoms with Gasteiger partial charge in [-0.05, 0) is 36.6 Å². The number of nitrogens with one attached hydrogen (secondary N) is 2. The monoisotopic (exact) mass is 527 g/mol. The number of ether oxygens (including phenoxy) is 2. The number of methoxy groups -OCH3 is 2. The van der Waals surface area contributed by atoms with Crippen LogP contribution in [-0.2, 0) is 12.0 Å². The van der Waals surface area contributed by atoms with E-state index in [2.05, 4.69) is 32.9 Å². The Kier molecular flexibility index (Phi) is 9.74. The molecule has 1 aromatic carbocycles. The largest absolute Gasteiger partial charge is 0.493 e. The molecule has 7 nitrogen and oxygen atoms in total. The van der Waals surface area contributed by atoms with Crippen molar-refractivity contribution in [1.82, 2.24) is 20.4 Å². The highest BCUT2D eigenvalue weighted by atomic mass is 127. The van der Waals surface area contributed by atoms with Crippen molar-refractivity contribution in [3.8, 4) is 11.5 Å². The molecule has 8 heteroatoms. The zero-order valence-corrected chi connectivity index (χ0v) is 20.5. The number of benzene rings is 1. The molecule has 0 spiro atoms. The van der Waals surface area contributed by atoms with Gasteiger partial charge in [-0.3, -0.25) is 9.67 Å². The Bertz CT molecular complexity index is 789. The molecule has 0 amide bonds. The van der Waals surface area contributed by atoms with E-state index in [1.54, 1.807) is 20.4 Å². The van der Waals surface area contributed by atoms with E-state index < -0.39 is 0 Å². The van der Waals surface area contributed by atoms with Crippen LogP contribution in [0.3, 0.4) is 0 Å². The average Bonchev–Trinajstić information content (AvgIpc) is 3.29. The first-order valence-electron chi connectivity index (χ1n) is 10.4. The molecular formula is C22H34IN5O2. The molecule has 0 aliphatic heterocycles. The maximum absolute atomic E-state index is 5.56. The van der Waals surface area contributed by atoms with Crippen molar-refractivity contribution in [2.24, 2.45) is 4.99 Å². The summed E-state index contributed by atoms with van der Waals surface area (Å²) in [6.45, 7) is 2.41. The van der Waals surface area contributed by atoms with Crippen molar-refractivity contribution >= 4 is 29.9 Å². The minimum absolute atomic E-state index is 0. The number of aliphatic imine (C=N–C) groups is 1. The van der Waals surface area contributed by atoms with Crippen molar-refractivity contribution in [2.45, 2.75) is 44.1 Å². The van der Waals surface area contributed by atoms with E-state index in [9.17, 15) is 0 Å². The van der Waals surface area contributed by atoms with Crippen LogP contribution in [0.5, 0.6) is 11.5 Å². The summed E-state index contributed by atoms with van der Waals surface area (Å²) in [6, 6.07) is 8.27. The summed E-state index contributed by atoms with van der Waals surface area (Å²) in [7, 11) is 5.18. The Labute approximate surface area is 196 Å². The van der Waals surface area contributed by atoms with Crippen LogP contribution in [0.4, 0.5) is 0 Å². The molecule has 0 bridgehead atoms. The van der Waals surface area contributed by atoms with E-state index in [-0.39, 0.29) is 29.4 Å². The van der Waals surface area contributed by atoms with Gasteiger partial charge in [0, 0.05) is 37.9 Å². The van der Waals surface area contributed by atoms with E-state index in [0.717, 1.165) is 49.9 Å². The zero-order chi connectivity index (χ0) is 20.5. The van der Waals surface area contributed by atoms with E-state index in [0.29, 0.717) is 0 Å². The van der Waals surface area contributed by atoms with Gasteiger partial charge in [0.2, 0.25) is 0 Å². The average molecular weight is 527 g/mol. The summed E-state index contributed by atoms with van der Waals surface area (Å²) in [5.74, 6) is 2.38. The molecule has 3 rings (SSSR count). The Morgan fingerprint density at radius 3 is 2.53 bits per heavy atom. The van der Waals surface area contributed by atoms with Crippen molar-refractivity contribution in [3.05, 3.63) is 42.2 Å². The van der Waals surface area contributed by atoms with Gasteiger partial charge in [-0.2, -0.15) is 5.10 Å². The molecule has 0 atom stereocenters. The van der Waals surface area contributed by atoms with Gasteiger partial charge in [-0.15, -0.1) is 24.0 Å². The van der Waals surface area contributed by atoms with Crippen molar-refractivity contribution in [2.75, 3.05) is 34.4 Å². The highest BCUT2D eigenvalue weighted by Gasteiger charge is 2.34. The SMILES string of the molecule is CN=C(NCCn1cccn1)NCC1(c2ccc(OC)c(OC)c2)CCCCC1.I. The summed E-state index contributed by atoms with van der Waals surface area (Å²) in [4.78, 5) is 4.40. The van der Waals surface area contributed by atoms with Gasteiger partial charge >= 0.3 is 0 Å². The lowest BCUT2D eigenvalue weighted by Crippen LogP contribution is -2.47. The lowest BCUT2D eigenvalue weighted by Gasteiger charge is -2.38. The number of rotatable bonds is 8. The molecular weight excluding hydrogens is 493 g/mol. The van der Waals surface area contributed by atoms with E-state index in [4.69, 9.17) is 9.47 Å². The minimum atomic E-state index is 0. The van der Waals surface area contributed by atoms with E-state index >= 15 is 0 Å². The van der Waals surface area contributed by atoms with Gasteiger partial charge in [0.05, 0.1) is 20.8 Å². The molecule has 1 aliphatic rings. The third kappa shape index (κ3) is 6.02. The summed E-state index contributed by atoms with van der Waals surface area (Å²) >= 11 is 0. The van der Waals surface area contributed by atoms with Gasteiger partial charge in [0.1, 0.15) is 0 Å². The summed E-state index contributed by atoms with van der Waals surface area (Å²) in [5.41, 5.74) is 1.37. The van der Waals surface area contributed by atoms with E-state index in [1.165, 1.54) is 24.8 Å². The van der Waals surface area contributed by atoms with Crippen molar-refractivity contribution in [1.29, 1.82) is 0 Å². The van der Waals surface area contributed by atoms with Gasteiger partial charge in [0.25, 0.3) is 0 Å². The quantitative estimate of drug-likeness (QED) is 0.312. The topological polar surface area (TPSA) is 72.7 Å². The molecule has 1 aromatic heterocycles. The van der Waals surface area contributed by atoms with Gasteiger partial charge < -0.3 is 20.1 Å². The first kappa shape index (κ1) is 24.3. The summed E-state index contributed by atoms with van der Waals surface area (Å²) in [5, 5.41) is 11.2. The molecule has 0 saturated heterocycles. The predicted octanol–water partition coefficient (Wildman–Crippen LogP) is 3.59. The van der Waals surface area contributed by atoms with Crippen LogP contribution >= 0.6 is 24.0 Å². The zero-order valence-electron chi connectivity index (χ0n) is 18.2. The normalized spacial score (nSPS) is 15.8. The van der Waals surface area contributed by atoms with Gasteiger partial charge in [0.15, 0.2) is 17.5 Å². The highest BCUT2D eigenvalue weighted by Crippen LogP contribution is 2.42. The third-order valence-corrected chi connectivity index (χ3v) is 5.82. The number of halogens is 1. The number of nitrogens with zero attached hydrogens (tertiary/aromatic N) is 3. The van der Waals surface area contributed by atoms with Crippen LogP contribution < -0.4 is 20.1 Å². The fourth-order valence-electron chi connectivity index (χ4n) is 4.16. The lowest BCUT2D eigenvalue weighted by atomic mass is 9.69. The van der Waals surface area contributed by atoms with Crippen LogP contribution in [0, 0.1) is 0 Å². The lowest BCUT2D eigenvalue weighted by molar-refractivity contribution is 0.288. The van der Waals surface area contributed by atoms with Crippen molar-refractivity contribution in [3.63, 3.8) is 0 Å². The Morgan fingerprint density at radius 1 is 1.13 bits per heavy atom. The number of aromatic nitrogens is 2. The Hall–Kier alpha value is -1.97. The van der Waals surface area contributed by atoms with Crippen LogP contribution in [0.25, 0.3) is 0 Å². The first-order chi connectivity index (χ1) is 14.2. The van der Waals surface area contributed by atoms with Crippen LogP contribution in [0.1, 0.15) is 37.7 Å². The number of hydrogen-bond acceptors (Lipinski definition) is 4. The van der Waals surface area contributed by atoms with Gasteiger partial charge in [-0.1, -0.05) is 25.3 Å². The smallest absolute Gasteiger partial charge is 0.191 e. The van der Waals surface area contributed by atoms with Crippen LogP contribution in [0.15, 0.2) is 41.7 Å². The van der Waals surface area contributed by atoms with Crippen molar-refractivity contribution < 1.29 is 9.47 Å². The standard InChI is InChI=1S/C22H33N5O2.HI/c1-23-21(24-13-15-27-14-7-12-26-27)25-17-22(10-5-4-6-11-22)18-8-9-19(28-2)20(16-18)29-3;/h7-9,12,14,16H,4-6,10-11,13,15,17H2,1-3H3,(H2,23,24,25);1H. The van der Waals surface area contributed by atoms with Crippen LogP contribution in [-0.4, -0.2) is 50.1 Å². The maximum atomic E-state index is 5.56. The second kappa shape index (κ2) is 12.0. The molecule has 2 aromatic rings. The predicted molar refractivity (Wildman–Crippen MR) is 131 cm³/mol. The molecule has 1 fully saturated rings. The fraction of sp³-hybridized carbons (Fsp3) is 0.545. The number of guanidine groups is 1. The maximum Gasteiger partial charge on any atom is 0.191 e. The first-order valence-corrected chi connectivity index (χ1v) is 10.4. The Balaban J connectivity index is 0.00000320. The number of hydrogen-bond donors (Lipinski definition) is 2. The van der Waals surface area contributed by atoms with Crippen LogP contribution in [0.2, 0.25) is 0 Å². The molecule has 2 N–H and O–H groups in total. The van der Waals surface area contributed by atoms with Gasteiger partial charge in [-0.25, -0.2) is 0 Å². The fourth-order valence-corrected chi connectivity index (χ4v) is 4.16. The molecule has 1 aliphatic carbocycles. The Morgan fingerprint density at radius 2 is 1.90 bits per heavy atom. The second-order valence-corrected chi connectivity index (χ2v) is 7.53. The molecule has 1 saturated carbocycles. The molecule has 0 radical (unpaired) electrons. The molecule has 1 heterocycles. The molecule has 0 unspecified atom stereocenters. The summed E-state index contributed by atoms with van der Waals surface area (Å²) in [6.07, 6.45) is 9.84. The minimum Gasteiger partial charge on any atom is -0.493 e. The second-order valence-electron chi connectivity index (χ2n) is 7.53.